The Morgan fingerprint density at radius 1 is 1.47 bits per heavy atom. The standard InChI is InChI=1S/C12H19ClO4/c1-4-6-9(11(8-13)16-3)10(14)7-12(15)17-5-2/h4,9,11H,1,5-8H2,2-3H3/t9-,11-/m1/s1. The first kappa shape index (κ1) is 16.1. The van der Waals surface area contributed by atoms with Crippen molar-refractivity contribution in [3.63, 3.8) is 0 Å². The number of hydrogen-bond donors (Lipinski definition) is 0. The van der Waals surface area contributed by atoms with Crippen LogP contribution in [0, 0.1) is 5.92 Å². The van der Waals surface area contributed by atoms with Gasteiger partial charge < -0.3 is 9.47 Å². The van der Waals surface area contributed by atoms with E-state index in [1.165, 1.54) is 7.11 Å². The number of allylic oxidation sites excluding steroid dienone is 1. The topological polar surface area (TPSA) is 52.6 Å². The second-order valence-electron chi connectivity index (χ2n) is 3.51. The van der Waals surface area contributed by atoms with Crippen molar-refractivity contribution in [2.75, 3.05) is 19.6 Å². The molecule has 2 atom stereocenters. The minimum atomic E-state index is -0.518. The molecule has 0 heterocycles. The minimum absolute atomic E-state index is 0.198. The van der Waals surface area contributed by atoms with Crippen molar-refractivity contribution in [2.24, 2.45) is 5.92 Å². The van der Waals surface area contributed by atoms with Crippen molar-refractivity contribution >= 4 is 23.4 Å². The van der Waals surface area contributed by atoms with Gasteiger partial charge in [-0.05, 0) is 13.3 Å². The zero-order chi connectivity index (χ0) is 13.3. The van der Waals surface area contributed by atoms with Gasteiger partial charge in [0.15, 0.2) is 0 Å². The zero-order valence-corrected chi connectivity index (χ0v) is 11.0. The van der Waals surface area contributed by atoms with Gasteiger partial charge >= 0.3 is 5.97 Å². The van der Waals surface area contributed by atoms with Crippen molar-refractivity contribution in [2.45, 2.75) is 25.9 Å². The van der Waals surface area contributed by atoms with Crippen molar-refractivity contribution < 1.29 is 19.1 Å². The summed E-state index contributed by atoms with van der Waals surface area (Å²) in [6.45, 7) is 5.54. The number of Topliss-reactive ketones (excluding diaryl/α,β-unsaturated/α-hetero) is 1. The third-order valence-corrected chi connectivity index (χ3v) is 2.67. The lowest BCUT2D eigenvalue weighted by atomic mass is 9.92. The van der Waals surface area contributed by atoms with Crippen LogP contribution in [-0.4, -0.2) is 37.5 Å². The lowest BCUT2D eigenvalue weighted by molar-refractivity contribution is -0.147. The molecule has 0 aliphatic rings. The van der Waals surface area contributed by atoms with Crippen LogP contribution in [0.1, 0.15) is 19.8 Å². The SMILES string of the molecule is C=CC[C@H](C(=O)CC(=O)OCC)[C@@H](CCl)OC. The number of hydrogen-bond acceptors (Lipinski definition) is 4. The molecule has 0 aliphatic heterocycles. The molecule has 0 radical (unpaired) electrons. The van der Waals surface area contributed by atoms with Gasteiger partial charge in [0.25, 0.3) is 0 Å². The highest BCUT2D eigenvalue weighted by Crippen LogP contribution is 2.17. The summed E-state index contributed by atoms with van der Waals surface area (Å²) in [6, 6.07) is 0. The summed E-state index contributed by atoms with van der Waals surface area (Å²) in [5, 5.41) is 0. The van der Waals surface area contributed by atoms with E-state index in [2.05, 4.69) is 6.58 Å². The summed E-state index contributed by atoms with van der Waals surface area (Å²) in [5.41, 5.74) is 0. The van der Waals surface area contributed by atoms with Crippen LogP contribution in [0.4, 0.5) is 0 Å². The Hall–Kier alpha value is -0.870. The van der Waals surface area contributed by atoms with Crippen LogP contribution in [-0.2, 0) is 19.1 Å². The number of ketones is 1. The number of ether oxygens (including phenoxy) is 2. The second kappa shape index (κ2) is 9.19. The van der Waals surface area contributed by atoms with Crippen LogP contribution in [0.3, 0.4) is 0 Å². The third-order valence-electron chi connectivity index (χ3n) is 2.36. The number of methoxy groups -OCH3 is 1. The number of carbonyl (C=O) groups excluding carboxylic acids is 2. The Balaban J connectivity index is 4.52. The maximum atomic E-state index is 11.9. The van der Waals surface area contributed by atoms with E-state index >= 15 is 0 Å². The Kier molecular flexibility index (Phi) is 8.72. The molecule has 0 fully saturated rings. The number of esters is 1. The monoisotopic (exact) mass is 262 g/mol. The van der Waals surface area contributed by atoms with Gasteiger partial charge in [0.05, 0.1) is 12.7 Å². The predicted molar refractivity (Wildman–Crippen MR) is 66.1 cm³/mol. The molecule has 0 aliphatic carbocycles. The van der Waals surface area contributed by atoms with E-state index in [0.29, 0.717) is 6.42 Å². The fraction of sp³-hybridized carbons (Fsp3) is 0.667. The van der Waals surface area contributed by atoms with Gasteiger partial charge in [-0.15, -0.1) is 18.2 Å². The maximum Gasteiger partial charge on any atom is 0.313 e. The van der Waals surface area contributed by atoms with Gasteiger partial charge in [0, 0.05) is 18.9 Å². The molecule has 0 aromatic carbocycles. The Labute approximate surface area is 107 Å². The lowest BCUT2D eigenvalue weighted by Crippen LogP contribution is -2.32. The van der Waals surface area contributed by atoms with E-state index in [1.807, 2.05) is 0 Å². The van der Waals surface area contributed by atoms with Gasteiger partial charge in [0.2, 0.25) is 0 Å². The lowest BCUT2D eigenvalue weighted by Gasteiger charge is -2.21. The molecule has 0 bridgehead atoms. The molecule has 0 aromatic rings. The van der Waals surface area contributed by atoms with E-state index in [4.69, 9.17) is 21.1 Å². The second-order valence-corrected chi connectivity index (χ2v) is 3.82. The number of carbonyl (C=O) groups is 2. The van der Waals surface area contributed by atoms with E-state index in [9.17, 15) is 9.59 Å². The minimum Gasteiger partial charge on any atom is -0.466 e. The van der Waals surface area contributed by atoms with Gasteiger partial charge in [0.1, 0.15) is 12.2 Å². The Bertz CT molecular complexity index is 261. The van der Waals surface area contributed by atoms with Crippen molar-refractivity contribution in [3.8, 4) is 0 Å². The first-order valence-corrected chi connectivity index (χ1v) is 6.02. The normalized spacial score (nSPS) is 13.8. The average Bonchev–Trinajstić information content (AvgIpc) is 2.29. The highest BCUT2D eigenvalue weighted by atomic mass is 35.5. The fourth-order valence-electron chi connectivity index (χ4n) is 1.49. The van der Waals surface area contributed by atoms with E-state index in [0.717, 1.165) is 0 Å². The number of rotatable bonds is 9. The molecular weight excluding hydrogens is 244 g/mol. The molecule has 0 unspecified atom stereocenters. The first-order chi connectivity index (χ1) is 8.10. The Morgan fingerprint density at radius 2 is 2.12 bits per heavy atom. The number of alkyl halides is 1. The van der Waals surface area contributed by atoms with E-state index < -0.39 is 18.0 Å². The highest BCUT2D eigenvalue weighted by Gasteiger charge is 2.28. The highest BCUT2D eigenvalue weighted by molar-refractivity contribution is 6.18. The average molecular weight is 263 g/mol. The zero-order valence-electron chi connectivity index (χ0n) is 10.3. The first-order valence-electron chi connectivity index (χ1n) is 5.48. The van der Waals surface area contributed by atoms with E-state index in [-0.39, 0.29) is 24.7 Å². The molecule has 0 saturated heterocycles. The molecule has 5 heteroatoms. The quantitative estimate of drug-likeness (QED) is 0.276. The molecule has 0 N–H and O–H groups in total. The Morgan fingerprint density at radius 3 is 2.53 bits per heavy atom. The molecule has 0 rings (SSSR count). The molecule has 98 valence electrons. The third kappa shape index (κ3) is 5.84. The van der Waals surface area contributed by atoms with Crippen molar-refractivity contribution in [1.82, 2.24) is 0 Å². The van der Waals surface area contributed by atoms with Crippen LogP contribution in [0.5, 0.6) is 0 Å². The fourth-order valence-corrected chi connectivity index (χ4v) is 1.83. The molecular formula is C12H19ClO4. The summed E-state index contributed by atoms with van der Waals surface area (Å²) in [6.07, 6.45) is 1.40. The van der Waals surface area contributed by atoms with E-state index in [1.54, 1.807) is 13.0 Å². The van der Waals surface area contributed by atoms with Gasteiger partial charge in [-0.25, -0.2) is 0 Å². The molecule has 0 spiro atoms. The molecule has 4 nitrogen and oxygen atoms in total. The summed E-state index contributed by atoms with van der Waals surface area (Å²) >= 11 is 5.71. The van der Waals surface area contributed by atoms with Crippen molar-refractivity contribution in [1.29, 1.82) is 0 Å². The predicted octanol–water partition coefficient (Wildman–Crippen LogP) is 1.95. The van der Waals surface area contributed by atoms with Gasteiger partial charge in [-0.1, -0.05) is 6.08 Å². The number of halogens is 1. The largest absolute Gasteiger partial charge is 0.466 e. The van der Waals surface area contributed by atoms with Crippen LogP contribution >= 0.6 is 11.6 Å². The molecule has 0 aromatic heterocycles. The summed E-state index contributed by atoms with van der Waals surface area (Å²) in [7, 11) is 1.49. The molecule has 0 saturated carbocycles. The van der Waals surface area contributed by atoms with Gasteiger partial charge in [-0.3, -0.25) is 9.59 Å². The maximum absolute atomic E-state index is 11.9. The van der Waals surface area contributed by atoms with Crippen LogP contribution in [0.2, 0.25) is 0 Å². The molecule has 17 heavy (non-hydrogen) atoms. The van der Waals surface area contributed by atoms with Crippen LogP contribution < -0.4 is 0 Å². The summed E-state index contributed by atoms with van der Waals surface area (Å²) in [4.78, 5) is 23.1. The van der Waals surface area contributed by atoms with Gasteiger partial charge in [-0.2, -0.15) is 0 Å². The summed E-state index contributed by atoms with van der Waals surface area (Å²) < 4.78 is 9.85. The van der Waals surface area contributed by atoms with Crippen LogP contribution in [0.15, 0.2) is 12.7 Å². The van der Waals surface area contributed by atoms with Crippen molar-refractivity contribution in [3.05, 3.63) is 12.7 Å². The summed E-state index contributed by atoms with van der Waals surface area (Å²) in [5.74, 6) is -0.991. The molecule has 0 amide bonds. The smallest absolute Gasteiger partial charge is 0.313 e. The van der Waals surface area contributed by atoms with Crippen LogP contribution in [0.25, 0.3) is 0 Å².